The van der Waals surface area contributed by atoms with Gasteiger partial charge in [0.15, 0.2) is 0 Å². The molecule has 0 heterocycles. The molecule has 0 fully saturated rings. The molecule has 160 valence electrons. The largest absolute Gasteiger partial charge is 0.456 e. The number of halogens is 1. The van der Waals surface area contributed by atoms with Gasteiger partial charge in [-0.1, -0.05) is 37.8 Å². The number of nitrogens with zero attached hydrogens (tertiary/aromatic N) is 1. The number of anilines is 1. The summed E-state index contributed by atoms with van der Waals surface area (Å²) in [6.45, 7) is 11.5. The first-order chi connectivity index (χ1) is 13.7. The monoisotopic (exact) mass is 507 g/mol. The summed E-state index contributed by atoms with van der Waals surface area (Å²) in [4.78, 5) is 12.5. The number of hydrogen-bond acceptors (Lipinski definition) is 4. The normalized spacial score (nSPS) is 12.0. The zero-order valence-corrected chi connectivity index (χ0v) is 21.4. The molecule has 0 aromatic heterocycles. The lowest BCUT2D eigenvalue weighted by molar-refractivity contribution is 0.00694. The maximum atomic E-state index is 13.3. The SMILES string of the molecule is CC(C)(C)OC(=O)c1ccc(N(C#C[Si](C)(C)C)S(=O)(=O)c2ccccc2)c(Br)c1. The Kier molecular flexibility index (Phi) is 7.23. The molecule has 0 radical (unpaired) electrons. The molecule has 0 aliphatic carbocycles. The van der Waals surface area contributed by atoms with Crippen molar-refractivity contribution in [2.75, 3.05) is 4.31 Å². The van der Waals surface area contributed by atoms with Crippen molar-refractivity contribution >= 4 is 45.7 Å². The summed E-state index contributed by atoms with van der Waals surface area (Å²) in [6.07, 6.45) is 0. The van der Waals surface area contributed by atoms with Gasteiger partial charge in [0.05, 0.1) is 16.1 Å². The van der Waals surface area contributed by atoms with Crippen LogP contribution in [0.2, 0.25) is 19.6 Å². The van der Waals surface area contributed by atoms with Crippen LogP contribution in [0.3, 0.4) is 0 Å². The molecule has 0 atom stereocenters. The van der Waals surface area contributed by atoms with Crippen molar-refractivity contribution in [2.24, 2.45) is 0 Å². The van der Waals surface area contributed by atoms with Gasteiger partial charge in [0.25, 0.3) is 10.0 Å². The Hall–Kier alpha value is -2.08. The number of ether oxygens (including phenoxy) is 1. The minimum absolute atomic E-state index is 0.137. The van der Waals surface area contributed by atoms with Crippen molar-refractivity contribution in [1.82, 2.24) is 0 Å². The molecule has 2 aromatic rings. The molecule has 8 heteroatoms. The van der Waals surface area contributed by atoms with Crippen LogP contribution < -0.4 is 4.31 Å². The standard InChI is InChI=1S/C22H26BrNO4SSi/c1-22(2,3)28-21(25)17-12-13-20(19(23)16-17)24(14-15-30(4,5)6)29(26,27)18-10-8-7-9-11-18/h7-13,16H,1-6H3. The fourth-order valence-corrected chi connectivity index (χ4v) is 4.80. The van der Waals surface area contributed by atoms with Crippen molar-refractivity contribution in [3.63, 3.8) is 0 Å². The first-order valence-electron chi connectivity index (χ1n) is 9.37. The lowest BCUT2D eigenvalue weighted by Gasteiger charge is -2.22. The second-order valence-electron chi connectivity index (χ2n) is 8.74. The van der Waals surface area contributed by atoms with Crippen LogP contribution >= 0.6 is 15.9 Å². The van der Waals surface area contributed by atoms with Gasteiger partial charge in [-0.15, -0.1) is 5.54 Å². The minimum Gasteiger partial charge on any atom is -0.456 e. The van der Waals surface area contributed by atoms with Gasteiger partial charge in [0.1, 0.15) is 13.7 Å². The summed E-state index contributed by atoms with van der Waals surface area (Å²) in [5, 5.41) is 0. The molecule has 5 nitrogen and oxygen atoms in total. The summed E-state index contributed by atoms with van der Waals surface area (Å²) in [6, 6.07) is 15.6. The van der Waals surface area contributed by atoms with Gasteiger partial charge in [-0.3, -0.25) is 0 Å². The molecule has 2 aromatic carbocycles. The van der Waals surface area contributed by atoms with Crippen LogP contribution in [-0.2, 0) is 14.8 Å². The van der Waals surface area contributed by atoms with Crippen LogP contribution in [-0.4, -0.2) is 28.1 Å². The molecule has 0 saturated heterocycles. The van der Waals surface area contributed by atoms with Crippen molar-refractivity contribution in [1.29, 1.82) is 0 Å². The summed E-state index contributed by atoms with van der Waals surface area (Å²) in [7, 11) is -5.79. The van der Waals surface area contributed by atoms with Crippen molar-refractivity contribution in [2.45, 2.75) is 50.9 Å². The van der Waals surface area contributed by atoms with Gasteiger partial charge in [-0.05, 0) is 67.0 Å². The third kappa shape index (κ3) is 6.46. The lowest BCUT2D eigenvalue weighted by Crippen LogP contribution is -2.28. The molecule has 0 aliphatic heterocycles. The Labute approximate surface area is 188 Å². The maximum absolute atomic E-state index is 13.3. The maximum Gasteiger partial charge on any atom is 0.338 e. The summed E-state index contributed by atoms with van der Waals surface area (Å²) in [5.74, 6) is -0.486. The van der Waals surface area contributed by atoms with Crippen molar-refractivity contribution < 1.29 is 17.9 Å². The predicted octanol–water partition coefficient (Wildman–Crippen LogP) is 5.44. The first kappa shape index (κ1) is 24.2. The van der Waals surface area contributed by atoms with Crippen LogP contribution in [0, 0.1) is 11.6 Å². The van der Waals surface area contributed by atoms with E-state index in [0.717, 1.165) is 4.31 Å². The number of hydrogen-bond donors (Lipinski definition) is 0. The van der Waals surface area contributed by atoms with E-state index in [1.54, 1.807) is 51.1 Å². The molecule has 0 saturated carbocycles. The Morgan fingerprint density at radius 1 is 1.07 bits per heavy atom. The highest BCUT2D eigenvalue weighted by Gasteiger charge is 2.27. The molecule has 0 bridgehead atoms. The van der Waals surface area contributed by atoms with Gasteiger partial charge < -0.3 is 4.74 Å². The lowest BCUT2D eigenvalue weighted by atomic mass is 10.1. The van der Waals surface area contributed by atoms with Crippen molar-refractivity contribution in [3.05, 3.63) is 58.6 Å². The number of benzene rings is 2. The van der Waals surface area contributed by atoms with Crippen LogP contribution in [0.15, 0.2) is 57.9 Å². The van der Waals surface area contributed by atoms with E-state index in [9.17, 15) is 13.2 Å². The highest BCUT2D eigenvalue weighted by molar-refractivity contribution is 9.10. The number of carbonyl (C=O) groups excluding carboxylic acids is 1. The quantitative estimate of drug-likeness (QED) is 0.239. The smallest absolute Gasteiger partial charge is 0.338 e. The van der Waals surface area contributed by atoms with E-state index in [-0.39, 0.29) is 4.90 Å². The predicted molar refractivity (Wildman–Crippen MR) is 127 cm³/mol. The highest BCUT2D eigenvalue weighted by Crippen LogP contribution is 2.32. The molecule has 0 amide bonds. The van der Waals surface area contributed by atoms with E-state index in [2.05, 4.69) is 27.5 Å². The summed E-state index contributed by atoms with van der Waals surface area (Å²) in [5.41, 5.74) is 3.13. The van der Waals surface area contributed by atoms with E-state index in [0.29, 0.717) is 15.7 Å². The number of rotatable bonds is 4. The second kappa shape index (κ2) is 8.96. The third-order valence-corrected chi connectivity index (χ3v) is 6.75. The van der Waals surface area contributed by atoms with Crippen molar-refractivity contribution in [3.8, 4) is 11.6 Å². The molecule has 2 rings (SSSR count). The van der Waals surface area contributed by atoms with Gasteiger partial charge in [-0.2, -0.15) is 4.31 Å². The molecule has 0 N–H and O–H groups in total. The van der Waals surface area contributed by atoms with Gasteiger partial charge >= 0.3 is 5.97 Å². The molecular weight excluding hydrogens is 482 g/mol. The van der Waals surface area contributed by atoms with Gasteiger partial charge in [0.2, 0.25) is 0 Å². The van der Waals surface area contributed by atoms with Crippen LogP contribution in [0.5, 0.6) is 0 Å². The molecular formula is C22H26BrNO4SSi. The molecule has 0 unspecified atom stereocenters. The van der Waals surface area contributed by atoms with E-state index >= 15 is 0 Å². The Morgan fingerprint density at radius 3 is 2.17 bits per heavy atom. The Bertz CT molecular complexity index is 1090. The zero-order chi connectivity index (χ0) is 22.7. The van der Waals surface area contributed by atoms with E-state index in [1.165, 1.54) is 18.2 Å². The van der Waals surface area contributed by atoms with Crippen LogP contribution in [0.25, 0.3) is 0 Å². The number of sulfonamides is 1. The number of carbonyl (C=O) groups is 1. The molecule has 0 aliphatic rings. The fraction of sp³-hybridized carbons (Fsp3) is 0.318. The van der Waals surface area contributed by atoms with E-state index in [1.807, 2.05) is 19.6 Å². The summed E-state index contributed by atoms with van der Waals surface area (Å²) < 4.78 is 33.6. The van der Waals surface area contributed by atoms with Crippen LogP contribution in [0.4, 0.5) is 5.69 Å². The van der Waals surface area contributed by atoms with Crippen LogP contribution in [0.1, 0.15) is 31.1 Å². The molecule has 30 heavy (non-hydrogen) atoms. The molecule has 0 spiro atoms. The van der Waals surface area contributed by atoms with E-state index < -0.39 is 29.7 Å². The highest BCUT2D eigenvalue weighted by atomic mass is 79.9. The zero-order valence-electron chi connectivity index (χ0n) is 18.0. The third-order valence-electron chi connectivity index (χ3n) is 3.61. The second-order valence-corrected chi connectivity index (χ2v) is 16.1. The van der Waals surface area contributed by atoms with Gasteiger partial charge in [-0.25, -0.2) is 13.2 Å². The van der Waals surface area contributed by atoms with Gasteiger partial charge in [0, 0.05) is 10.5 Å². The average molecular weight is 509 g/mol. The average Bonchev–Trinajstić information content (AvgIpc) is 2.61. The fourth-order valence-electron chi connectivity index (χ4n) is 2.30. The Balaban J connectivity index is 2.57. The minimum atomic E-state index is -3.93. The topological polar surface area (TPSA) is 63.7 Å². The van der Waals surface area contributed by atoms with E-state index in [4.69, 9.17) is 4.74 Å². The number of esters is 1. The summed E-state index contributed by atoms with van der Waals surface area (Å²) >= 11 is 3.41. The first-order valence-corrected chi connectivity index (χ1v) is 15.1. The Morgan fingerprint density at radius 2 is 1.67 bits per heavy atom.